The van der Waals surface area contributed by atoms with E-state index in [9.17, 15) is 10.2 Å². The SMILES string of the molecule is CCC1=C(CC)C(=C(C#C[Si](C(C)C)(C(C)C)C(C)C)C2=N/C(=C(\[O-])C#C[Si](C(C)C)(C(C)C)C(C)C)C(CC)=C2CC)N=C1/C(C#C[Si](C(C)C)(C(C)C)C(C)C)=C1\N=C([O-])C(CC)=C1CC.[Ni+2]. The largest absolute Gasteiger partial charge is 2.00 e. The minimum Gasteiger partial charge on any atom is -0.865 e. The van der Waals surface area contributed by atoms with Crippen molar-refractivity contribution in [3.05, 3.63) is 67.4 Å². The number of nitrogens with zero attached hydrogens (tertiary/aromatic N) is 3. The van der Waals surface area contributed by atoms with E-state index in [0.29, 0.717) is 86.9 Å². The van der Waals surface area contributed by atoms with Crippen LogP contribution in [-0.4, -0.2) is 41.5 Å². The Hall–Kier alpha value is -3.13. The minimum atomic E-state index is -2.28. The van der Waals surface area contributed by atoms with Gasteiger partial charge in [-0.1, -0.05) is 184 Å². The Bertz CT molecular complexity index is 2340. The first-order chi connectivity index (χ1) is 31.7. The summed E-state index contributed by atoms with van der Waals surface area (Å²) in [7, 11) is -6.71. The molecule has 0 spiro atoms. The van der Waals surface area contributed by atoms with Gasteiger partial charge in [0.15, 0.2) is 0 Å². The molecule has 3 rings (SSSR count). The van der Waals surface area contributed by atoms with E-state index in [1.807, 2.05) is 6.92 Å². The summed E-state index contributed by atoms with van der Waals surface area (Å²) in [5, 5.41) is 28.5. The van der Waals surface area contributed by atoms with E-state index in [2.05, 4.69) is 194 Å². The first-order valence-corrected chi connectivity index (χ1v) is 33.6. The van der Waals surface area contributed by atoms with Crippen LogP contribution in [0.15, 0.2) is 82.4 Å². The second-order valence-corrected chi connectivity index (χ2v) is 39.1. The van der Waals surface area contributed by atoms with E-state index in [-0.39, 0.29) is 28.1 Å². The van der Waals surface area contributed by atoms with E-state index in [1.54, 1.807) is 0 Å². The average Bonchev–Trinajstić information content (AvgIpc) is 3.92. The molecule has 5 nitrogen and oxygen atoms in total. The van der Waals surface area contributed by atoms with Gasteiger partial charge in [0.05, 0.1) is 39.7 Å². The topological polar surface area (TPSA) is 83.2 Å². The van der Waals surface area contributed by atoms with Crippen molar-refractivity contribution >= 4 is 41.5 Å². The fourth-order valence-corrected chi connectivity index (χ4v) is 28.8. The number of rotatable bonds is 17. The second kappa shape index (κ2) is 25.5. The quantitative estimate of drug-likeness (QED) is 0.0826. The number of hydrogen-bond acceptors (Lipinski definition) is 5. The van der Waals surface area contributed by atoms with Crippen LogP contribution in [0.25, 0.3) is 0 Å². The van der Waals surface area contributed by atoms with Crippen LogP contribution in [0.3, 0.4) is 0 Å². The third-order valence-electron chi connectivity index (χ3n) is 16.5. The normalized spacial score (nSPS) is 18.2. The van der Waals surface area contributed by atoms with E-state index in [0.717, 1.165) is 74.5 Å². The molecule has 69 heavy (non-hydrogen) atoms. The van der Waals surface area contributed by atoms with Gasteiger partial charge in [-0.2, -0.15) is 0 Å². The van der Waals surface area contributed by atoms with Gasteiger partial charge in [-0.25, -0.2) is 9.98 Å². The van der Waals surface area contributed by atoms with Crippen molar-refractivity contribution in [1.29, 1.82) is 0 Å². The molecule has 0 aromatic rings. The molecule has 0 atom stereocenters. The van der Waals surface area contributed by atoms with Gasteiger partial charge in [0.2, 0.25) is 0 Å². The van der Waals surface area contributed by atoms with Crippen LogP contribution in [0, 0.1) is 34.4 Å². The zero-order valence-electron chi connectivity index (χ0n) is 47.9. The molecular formula is C60H93N3NiO2Si3. The molecule has 0 N–H and O–H groups in total. The summed E-state index contributed by atoms with van der Waals surface area (Å²) in [4.78, 5) is 16.1. The van der Waals surface area contributed by atoms with Crippen LogP contribution in [0.1, 0.15) is 205 Å². The Labute approximate surface area is 437 Å². The summed E-state index contributed by atoms with van der Waals surface area (Å²) in [5.41, 5.74) is 26.6. The van der Waals surface area contributed by atoms with Crippen LogP contribution in [0.4, 0.5) is 0 Å². The maximum Gasteiger partial charge on any atom is 2.00 e. The molecule has 0 aliphatic carbocycles. The first kappa shape index (κ1) is 62.0. The van der Waals surface area contributed by atoms with E-state index < -0.39 is 24.2 Å². The molecule has 0 aromatic heterocycles. The van der Waals surface area contributed by atoms with Gasteiger partial charge in [-0.3, -0.25) is 4.99 Å². The number of allylic oxidation sites excluding steroid dienone is 8. The Morgan fingerprint density at radius 2 is 0.623 bits per heavy atom. The van der Waals surface area contributed by atoms with Crippen molar-refractivity contribution in [3.63, 3.8) is 0 Å². The fraction of sp³-hybridized carbons (Fsp3) is 0.650. The zero-order chi connectivity index (χ0) is 52.0. The van der Waals surface area contributed by atoms with Crippen LogP contribution in [0.5, 0.6) is 0 Å². The van der Waals surface area contributed by atoms with E-state index in [1.165, 1.54) is 0 Å². The molecule has 3 heterocycles. The van der Waals surface area contributed by atoms with Gasteiger partial charge < -0.3 is 10.2 Å². The fourth-order valence-electron chi connectivity index (χ4n) is 13.2. The molecule has 9 heteroatoms. The van der Waals surface area contributed by atoms with Crippen molar-refractivity contribution in [2.75, 3.05) is 0 Å². The van der Waals surface area contributed by atoms with E-state index >= 15 is 0 Å². The summed E-state index contributed by atoms with van der Waals surface area (Å²) >= 11 is 0. The monoisotopic (exact) mass is 1030 g/mol. The number of aliphatic imine (C=N–C) groups is 3. The predicted molar refractivity (Wildman–Crippen MR) is 303 cm³/mol. The summed E-state index contributed by atoms with van der Waals surface area (Å²) < 4.78 is 0. The Balaban J connectivity index is 0.0000163. The first-order valence-electron chi connectivity index (χ1n) is 26.9. The van der Waals surface area contributed by atoms with Gasteiger partial charge >= 0.3 is 16.5 Å². The maximum absolute atomic E-state index is 14.7. The Morgan fingerprint density at radius 3 is 0.913 bits per heavy atom. The molecule has 3 aliphatic heterocycles. The molecule has 0 bridgehead atoms. The van der Waals surface area contributed by atoms with Gasteiger partial charge in [0.25, 0.3) is 0 Å². The Kier molecular flexibility index (Phi) is 22.9. The molecule has 0 saturated carbocycles. The van der Waals surface area contributed by atoms with Gasteiger partial charge in [-0.05, 0) is 133 Å². The third-order valence-corrected chi connectivity index (χ3v) is 35.4. The van der Waals surface area contributed by atoms with Crippen LogP contribution in [-0.2, 0) is 16.5 Å². The van der Waals surface area contributed by atoms with Crippen molar-refractivity contribution in [3.8, 4) is 34.4 Å². The molecule has 3 aliphatic rings. The molecule has 0 amide bonds. The van der Waals surface area contributed by atoms with Gasteiger partial charge in [0.1, 0.15) is 24.2 Å². The standard InChI is InChI=1S/C60H95N3O2Si3.Ni/c1-25-46-47(26-2)56(53(58-50(29-5)51(30-6)60(65)63-58)32-35-67(40(13)14,41(15)16)42(17)18)61-55(46)52(31-34-66(37(7)8,38(9)10)39(11)12)57-48(27-3)49(28-4)59(62-57)54(64)33-36-68(43(19)20,44(21)22)45(23)24;/h37-45,64H,25-30H2,1-24H3,(H,63,65);/q;+2/p-2/b55-52?,58-53-,59-54-;. The Morgan fingerprint density at radius 1 is 0.377 bits per heavy atom. The van der Waals surface area contributed by atoms with Gasteiger partial charge in [-0.15, -0.1) is 16.6 Å². The third kappa shape index (κ3) is 11.6. The summed E-state index contributed by atoms with van der Waals surface area (Å²) in [6.45, 7) is 54.8. The van der Waals surface area contributed by atoms with Crippen molar-refractivity contribution in [1.82, 2.24) is 0 Å². The van der Waals surface area contributed by atoms with Crippen molar-refractivity contribution in [2.45, 2.75) is 255 Å². The summed E-state index contributed by atoms with van der Waals surface area (Å²) in [6.07, 6.45) is 4.07. The molecule has 0 radical (unpaired) electrons. The second-order valence-electron chi connectivity index (χ2n) is 22.4. The van der Waals surface area contributed by atoms with Crippen LogP contribution >= 0.6 is 0 Å². The molecule has 382 valence electrons. The molecule has 0 aromatic carbocycles. The molecule has 0 unspecified atom stereocenters. The maximum atomic E-state index is 14.7. The van der Waals surface area contributed by atoms with Crippen molar-refractivity contribution in [2.24, 2.45) is 15.0 Å². The molecular weight excluding hydrogens is 938 g/mol. The average molecular weight is 1030 g/mol. The smallest absolute Gasteiger partial charge is 0.865 e. The predicted octanol–water partition coefficient (Wildman–Crippen LogP) is 15.8. The van der Waals surface area contributed by atoms with E-state index in [4.69, 9.17) is 15.0 Å². The van der Waals surface area contributed by atoms with Gasteiger partial charge in [0, 0.05) is 0 Å². The minimum absolute atomic E-state index is 0. The van der Waals surface area contributed by atoms with Crippen LogP contribution in [0.2, 0.25) is 49.9 Å². The zero-order valence-corrected chi connectivity index (χ0v) is 51.9. The number of hydrogen-bond donors (Lipinski definition) is 0. The van der Waals surface area contributed by atoms with Crippen molar-refractivity contribution < 1.29 is 26.7 Å². The van der Waals surface area contributed by atoms with Crippen LogP contribution < -0.4 is 10.2 Å². The molecule has 0 saturated heterocycles. The summed E-state index contributed by atoms with van der Waals surface area (Å²) in [5.74, 6) is 10.7. The summed E-state index contributed by atoms with van der Waals surface area (Å²) in [6, 6.07) is 0. The molecule has 0 fully saturated rings.